The summed E-state index contributed by atoms with van der Waals surface area (Å²) in [6.45, 7) is 0. The van der Waals surface area contributed by atoms with Crippen molar-refractivity contribution < 1.29 is 9.53 Å². The van der Waals surface area contributed by atoms with Gasteiger partial charge >= 0.3 is 6.03 Å². The number of carbonyl (C=O) groups is 1. The highest BCUT2D eigenvalue weighted by atomic mass is 35.5. The molecule has 1 saturated carbocycles. The van der Waals surface area contributed by atoms with Crippen LogP contribution in [0.5, 0.6) is 5.75 Å². The van der Waals surface area contributed by atoms with E-state index in [-0.39, 0.29) is 6.03 Å². The van der Waals surface area contributed by atoms with Gasteiger partial charge in [-0.15, -0.1) is 0 Å². The van der Waals surface area contributed by atoms with E-state index < -0.39 is 0 Å². The average molecular weight is 241 g/mol. The highest BCUT2D eigenvalue weighted by molar-refractivity contribution is 6.32. The van der Waals surface area contributed by atoms with E-state index in [4.69, 9.17) is 16.3 Å². The van der Waals surface area contributed by atoms with E-state index in [9.17, 15) is 4.79 Å². The fraction of sp³-hybridized carbons (Fsp3) is 0.364. The Labute approximate surface area is 98.9 Å². The fourth-order valence-corrected chi connectivity index (χ4v) is 1.51. The first-order valence-corrected chi connectivity index (χ1v) is 5.48. The maximum atomic E-state index is 11.5. The Hall–Kier alpha value is -1.42. The van der Waals surface area contributed by atoms with Crippen LogP contribution in [-0.2, 0) is 0 Å². The Kier molecular flexibility index (Phi) is 3.19. The van der Waals surface area contributed by atoms with Gasteiger partial charge < -0.3 is 15.4 Å². The van der Waals surface area contributed by atoms with E-state index in [1.165, 1.54) is 7.11 Å². The van der Waals surface area contributed by atoms with Crippen molar-refractivity contribution >= 4 is 23.3 Å². The maximum absolute atomic E-state index is 11.5. The molecule has 1 fully saturated rings. The summed E-state index contributed by atoms with van der Waals surface area (Å²) in [4.78, 5) is 11.5. The van der Waals surface area contributed by atoms with Crippen molar-refractivity contribution in [3.8, 4) is 5.75 Å². The molecule has 0 bridgehead atoms. The molecule has 86 valence electrons. The zero-order chi connectivity index (χ0) is 11.5. The summed E-state index contributed by atoms with van der Waals surface area (Å²) in [7, 11) is 1.54. The monoisotopic (exact) mass is 240 g/mol. The first-order chi connectivity index (χ1) is 7.69. The van der Waals surface area contributed by atoms with E-state index in [1.54, 1.807) is 18.2 Å². The Morgan fingerprint density at radius 1 is 1.50 bits per heavy atom. The molecule has 2 amide bonds. The predicted molar refractivity (Wildman–Crippen MR) is 63.2 cm³/mol. The van der Waals surface area contributed by atoms with E-state index in [0.717, 1.165) is 12.8 Å². The zero-order valence-electron chi connectivity index (χ0n) is 8.92. The summed E-state index contributed by atoms with van der Waals surface area (Å²) in [6, 6.07) is 5.26. The first kappa shape index (κ1) is 11.1. The topological polar surface area (TPSA) is 50.4 Å². The lowest BCUT2D eigenvalue weighted by atomic mass is 10.3. The number of halogens is 1. The van der Waals surface area contributed by atoms with Crippen LogP contribution in [0.1, 0.15) is 12.8 Å². The van der Waals surface area contributed by atoms with Gasteiger partial charge in [-0.05, 0) is 25.0 Å². The van der Waals surface area contributed by atoms with E-state index in [1.807, 2.05) is 0 Å². The number of carbonyl (C=O) groups excluding carboxylic acids is 1. The molecule has 0 aliphatic heterocycles. The lowest BCUT2D eigenvalue weighted by molar-refractivity contribution is 0.251. The van der Waals surface area contributed by atoms with Crippen LogP contribution in [-0.4, -0.2) is 19.2 Å². The molecule has 5 heteroatoms. The second-order valence-electron chi connectivity index (χ2n) is 3.72. The molecule has 0 heterocycles. The number of benzene rings is 1. The molecule has 0 saturated heterocycles. The van der Waals surface area contributed by atoms with Crippen molar-refractivity contribution in [2.45, 2.75) is 18.9 Å². The molecule has 2 rings (SSSR count). The SMILES string of the molecule is COc1cc(NC(=O)NC2CC2)ccc1Cl. The number of methoxy groups -OCH3 is 1. The first-order valence-electron chi connectivity index (χ1n) is 5.10. The summed E-state index contributed by atoms with van der Waals surface area (Å²) in [5.74, 6) is 0.547. The number of anilines is 1. The van der Waals surface area contributed by atoms with Gasteiger partial charge in [0.1, 0.15) is 5.75 Å². The Morgan fingerprint density at radius 3 is 2.88 bits per heavy atom. The smallest absolute Gasteiger partial charge is 0.319 e. The molecule has 2 N–H and O–H groups in total. The van der Waals surface area contributed by atoms with E-state index >= 15 is 0 Å². The number of amides is 2. The van der Waals surface area contributed by atoms with Crippen LogP contribution in [0.2, 0.25) is 5.02 Å². The van der Waals surface area contributed by atoms with Gasteiger partial charge in [0, 0.05) is 17.8 Å². The van der Waals surface area contributed by atoms with Crippen LogP contribution >= 0.6 is 11.6 Å². The van der Waals surface area contributed by atoms with Crippen LogP contribution in [0.4, 0.5) is 10.5 Å². The van der Waals surface area contributed by atoms with Crippen LogP contribution < -0.4 is 15.4 Å². The number of hydrogen-bond donors (Lipinski definition) is 2. The molecule has 0 spiro atoms. The summed E-state index contributed by atoms with van der Waals surface area (Å²) in [5.41, 5.74) is 0.666. The van der Waals surface area contributed by atoms with Gasteiger partial charge in [-0.25, -0.2) is 4.79 Å². The molecule has 0 unspecified atom stereocenters. The Morgan fingerprint density at radius 2 is 2.25 bits per heavy atom. The van der Waals surface area contributed by atoms with Crippen molar-refractivity contribution in [1.29, 1.82) is 0 Å². The summed E-state index contributed by atoms with van der Waals surface area (Å²) < 4.78 is 5.06. The Bertz CT molecular complexity index is 405. The molecular weight excluding hydrogens is 228 g/mol. The lowest BCUT2D eigenvalue weighted by Crippen LogP contribution is -2.30. The number of rotatable bonds is 3. The molecule has 1 aliphatic rings. The second kappa shape index (κ2) is 4.61. The quantitative estimate of drug-likeness (QED) is 0.853. The minimum Gasteiger partial charge on any atom is -0.495 e. The number of urea groups is 1. The summed E-state index contributed by atoms with van der Waals surface area (Å²) >= 11 is 5.87. The summed E-state index contributed by atoms with van der Waals surface area (Å²) in [6.07, 6.45) is 2.13. The highest BCUT2D eigenvalue weighted by Gasteiger charge is 2.23. The molecule has 0 aromatic heterocycles. The van der Waals surface area contributed by atoms with Crippen LogP contribution in [0.25, 0.3) is 0 Å². The molecule has 4 nitrogen and oxygen atoms in total. The lowest BCUT2D eigenvalue weighted by Gasteiger charge is -2.08. The van der Waals surface area contributed by atoms with Crippen LogP contribution in [0.15, 0.2) is 18.2 Å². The third-order valence-corrected chi connectivity index (χ3v) is 2.63. The van der Waals surface area contributed by atoms with E-state index in [0.29, 0.717) is 22.5 Å². The summed E-state index contributed by atoms with van der Waals surface area (Å²) in [5, 5.41) is 6.08. The second-order valence-corrected chi connectivity index (χ2v) is 4.13. The van der Waals surface area contributed by atoms with Crippen LogP contribution in [0, 0.1) is 0 Å². The van der Waals surface area contributed by atoms with E-state index in [2.05, 4.69) is 10.6 Å². The molecule has 1 aromatic carbocycles. The number of ether oxygens (including phenoxy) is 1. The highest BCUT2D eigenvalue weighted by Crippen LogP contribution is 2.27. The van der Waals surface area contributed by atoms with Gasteiger partial charge in [-0.3, -0.25) is 0 Å². The van der Waals surface area contributed by atoms with Crippen molar-refractivity contribution in [2.75, 3.05) is 12.4 Å². The van der Waals surface area contributed by atoms with Crippen molar-refractivity contribution in [3.63, 3.8) is 0 Å². The largest absolute Gasteiger partial charge is 0.495 e. The molecule has 1 aromatic rings. The standard InChI is InChI=1S/C11H13ClN2O2/c1-16-10-6-8(4-5-9(10)12)14-11(15)13-7-2-3-7/h4-7H,2-3H2,1H3,(H2,13,14,15). The van der Waals surface area contributed by atoms with Gasteiger partial charge in [0.15, 0.2) is 0 Å². The molecule has 0 radical (unpaired) electrons. The fourth-order valence-electron chi connectivity index (χ4n) is 1.32. The molecule has 16 heavy (non-hydrogen) atoms. The van der Waals surface area contributed by atoms with Gasteiger partial charge in [-0.1, -0.05) is 11.6 Å². The van der Waals surface area contributed by atoms with Gasteiger partial charge in [-0.2, -0.15) is 0 Å². The minimum atomic E-state index is -0.188. The third kappa shape index (κ3) is 2.79. The molecule has 1 aliphatic carbocycles. The number of hydrogen-bond acceptors (Lipinski definition) is 2. The Balaban J connectivity index is 1.99. The van der Waals surface area contributed by atoms with Crippen molar-refractivity contribution in [2.24, 2.45) is 0 Å². The predicted octanol–water partition coefficient (Wildman–Crippen LogP) is 2.63. The average Bonchev–Trinajstić information content (AvgIpc) is 3.04. The molecular formula is C11H13ClN2O2. The third-order valence-electron chi connectivity index (χ3n) is 2.32. The van der Waals surface area contributed by atoms with Crippen LogP contribution in [0.3, 0.4) is 0 Å². The van der Waals surface area contributed by atoms with Gasteiger partial charge in [0.05, 0.1) is 12.1 Å². The normalized spacial score (nSPS) is 14.4. The van der Waals surface area contributed by atoms with Gasteiger partial charge in [0.25, 0.3) is 0 Å². The minimum absolute atomic E-state index is 0.188. The van der Waals surface area contributed by atoms with Crippen molar-refractivity contribution in [1.82, 2.24) is 5.32 Å². The van der Waals surface area contributed by atoms with Crippen molar-refractivity contribution in [3.05, 3.63) is 23.2 Å². The molecule has 0 atom stereocenters. The zero-order valence-corrected chi connectivity index (χ0v) is 9.67. The maximum Gasteiger partial charge on any atom is 0.319 e. The number of nitrogens with one attached hydrogen (secondary N) is 2. The van der Waals surface area contributed by atoms with Gasteiger partial charge in [0.2, 0.25) is 0 Å².